The summed E-state index contributed by atoms with van der Waals surface area (Å²) in [7, 11) is 0. The highest BCUT2D eigenvalue weighted by molar-refractivity contribution is 6.46. The molecule has 0 unspecified atom stereocenters. The van der Waals surface area contributed by atoms with Crippen molar-refractivity contribution in [2.45, 2.75) is 40.2 Å². The molecule has 0 aliphatic carbocycles. The molecular weight excluding hydrogens is 500 g/mol. The number of nitrogens with zero attached hydrogens (tertiary/aromatic N) is 2. The minimum Gasteiger partial charge on any atom is -0.507 e. The van der Waals surface area contributed by atoms with Crippen LogP contribution in [0.25, 0.3) is 5.76 Å². The molecule has 1 atom stereocenters. The number of fused-ring (bicyclic) bond motifs is 1. The van der Waals surface area contributed by atoms with Crippen molar-refractivity contribution in [2.24, 2.45) is 0 Å². The Bertz CT molecular complexity index is 1220. The van der Waals surface area contributed by atoms with E-state index < -0.39 is 17.7 Å². The maximum Gasteiger partial charge on any atom is 0.295 e. The van der Waals surface area contributed by atoms with Gasteiger partial charge in [-0.3, -0.25) is 9.59 Å². The third-order valence-electron chi connectivity index (χ3n) is 7.01. The number of amides is 1. The van der Waals surface area contributed by atoms with Gasteiger partial charge in [-0.05, 0) is 75.8 Å². The Morgan fingerprint density at radius 2 is 1.64 bits per heavy atom. The minimum atomic E-state index is -0.787. The second kappa shape index (κ2) is 12.9. The lowest BCUT2D eigenvalue weighted by Gasteiger charge is -2.27. The standard InChI is InChI=1S/C30H38N2O7/c1-5-31(6-2)14-9-15-32-27(20-10-12-22(36-7-3)24(18-20)37-8-4)26(29(34)30(32)35)28(33)21-11-13-23-25(19-21)39-17-16-38-23/h10-13,18-19,27,33H,5-9,14-17H2,1-4H3/b28-26+/t27-/m0/s1. The van der Waals surface area contributed by atoms with Crippen molar-refractivity contribution >= 4 is 17.4 Å². The number of carbonyl (C=O) groups is 2. The lowest BCUT2D eigenvalue weighted by atomic mass is 9.94. The predicted octanol–water partition coefficient (Wildman–Crippen LogP) is 4.41. The van der Waals surface area contributed by atoms with Crippen molar-refractivity contribution < 1.29 is 33.6 Å². The highest BCUT2D eigenvalue weighted by atomic mass is 16.6. The Labute approximate surface area is 229 Å². The summed E-state index contributed by atoms with van der Waals surface area (Å²) in [5.41, 5.74) is 1.07. The van der Waals surface area contributed by atoms with Crippen LogP contribution in [0.15, 0.2) is 42.0 Å². The quantitative estimate of drug-likeness (QED) is 0.241. The number of ether oxygens (including phenoxy) is 4. The molecule has 2 aliphatic heterocycles. The normalized spacial score (nSPS) is 18.1. The van der Waals surface area contributed by atoms with E-state index in [-0.39, 0.29) is 11.3 Å². The third kappa shape index (κ3) is 5.98. The highest BCUT2D eigenvalue weighted by Gasteiger charge is 2.46. The van der Waals surface area contributed by atoms with Crippen LogP contribution in [0.1, 0.15) is 51.3 Å². The molecule has 39 heavy (non-hydrogen) atoms. The summed E-state index contributed by atoms with van der Waals surface area (Å²) in [5.74, 6) is 0.536. The predicted molar refractivity (Wildman–Crippen MR) is 148 cm³/mol. The first-order valence-corrected chi connectivity index (χ1v) is 13.7. The lowest BCUT2D eigenvalue weighted by Crippen LogP contribution is -2.33. The first-order chi connectivity index (χ1) is 18.9. The van der Waals surface area contributed by atoms with Gasteiger partial charge in [0.1, 0.15) is 19.0 Å². The van der Waals surface area contributed by atoms with Gasteiger partial charge in [0.05, 0.1) is 24.8 Å². The van der Waals surface area contributed by atoms with E-state index in [1.165, 1.54) is 0 Å². The number of aliphatic hydroxyl groups excluding tert-OH is 1. The summed E-state index contributed by atoms with van der Waals surface area (Å²) in [4.78, 5) is 30.7. The molecule has 2 aromatic carbocycles. The van der Waals surface area contributed by atoms with E-state index >= 15 is 0 Å². The fraction of sp³-hybridized carbons (Fsp3) is 0.467. The van der Waals surface area contributed by atoms with Crippen molar-refractivity contribution in [3.05, 3.63) is 53.1 Å². The summed E-state index contributed by atoms with van der Waals surface area (Å²) in [6.45, 7) is 12.6. The number of rotatable bonds is 12. The molecule has 0 bridgehead atoms. The summed E-state index contributed by atoms with van der Waals surface area (Å²) in [6, 6.07) is 9.60. The maximum atomic E-state index is 13.5. The van der Waals surface area contributed by atoms with E-state index in [0.717, 1.165) is 19.6 Å². The SMILES string of the molecule is CCOc1ccc([C@H]2/C(=C(\O)c3ccc4c(c3)OCCO4)C(=O)C(=O)N2CCCN(CC)CC)cc1OCC. The number of benzene rings is 2. The van der Waals surface area contributed by atoms with Crippen LogP contribution in [0.4, 0.5) is 0 Å². The number of ketones is 1. The van der Waals surface area contributed by atoms with Gasteiger partial charge in [0.25, 0.3) is 11.7 Å². The number of likely N-dealkylation sites (tertiary alicyclic amines) is 1. The molecular formula is C30H38N2O7. The minimum absolute atomic E-state index is 0.0334. The van der Waals surface area contributed by atoms with E-state index in [1.54, 1.807) is 35.2 Å². The van der Waals surface area contributed by atoms with Crippen LogP contribution in [0.3, 0.4) is 0 Å². The summed E-state index contributed by atoms with van der Waals surface area (Å²) in [6.07, 6.45) is 0.685. The first-order valence-electron chi connectivity index (χ1n) is 13.7. The second-order valence-electron chi connectivity index (χ2n) is 9.30. The van der Waals surface area contributed by atoms with E-state index in [2.05, 4.69) is 18.7 Å². The van der Waals surface area contributed by atoms with Gasteiger partial charge < -0.3 is 33.9 Å². The maximum absolute atomic E-state index is 13.5. The molecule has 1 fully saturated rings. The monoisotopic (exact) mass is 538 g/mol. The average molecular weight is 539 g/mol. The van der Waals surface area contributed by atoms with Crippen molar-refractivity contribution in [1.29, 1.82) is 0 Å². The molecule has 4 rings (SSSR count). The number of Topliss-reactive ketones (excluding diaryl/α,β-unsaturated/α-hetero) is 1. The lowest BCUT2D eigenvalue weighted by molar-refractivity contribution is -0.140. The van der Waals surface area contributed by atoms with E-state index in [1.807, 2.05) is 19.9 Å². The Hall–Kier alpha value is -3.72. The Morgan fingerprint density at radius 3 is 2.33 bits per heavy atom. The van der Waals surface area contributed by atoms with Crippen LogP contribution >= 0.6 is 0 Å². The van der Waals surface area contributed by atoms with Crippen molar-refractivity contribution in [3.8, 4) is 23.0 Å². The molecule has 2 aromatic rings. The van der Waals surface area contributed by atoms with E-state index in [9.17, 15) is 14.7 Å². The average Bonchev–Trinajstić information content (AvgIpc) is 3.21. The first kappa shape index (κ1) is 28.3. The van der Waals surface area contributed by atoms with Gasteiger partial charge in [-0.15, -0.1) is 0 Å². The molecule has 210 valence electrons. The zero-order valence-electron chi connectivity index (χ0n) is 23.2. The van der Waals surface area contributed by atoms with Crippen molar-refractivity contribution in [3.63, 3.8) is 0 Å². The van der Waals surface area contributed by atoms with Crippen molar-refractivity contribution in [1.82, 2.24) is 9.80 Å². The van der Waals surface area contributed by atoms with Crippen LogP contribution in [-0.4, -0.2) is 79.2 Å². The molecule has 0 radical (unpaired) electrons. The van der Waals surface area contributed by atoms with Crippen LogP contribution < -0.4 is 18.9 Å². The molecule has 9 nitrogen and oxygen atoms in total. The van der Waals surface area contributed by atoms with E-state index in [0.29, 0.717) is 73.5 Å². The number of hydrogen-bond donors (Lipinski definition) is 1. The van der Waals surface area contributed by atoms with Gasteiger partial charge in [-0.25, -0.2) is 0 Å². The largest absolute Gasteiger partial charge is 0.507 e. The fourth-order valence-electron chi connectivity index (χ4n) is 5.05. The Kier molecular flexibility index (Phi) is 9.35. The Morgan fingerprint density at radius 1 is 0.949 bits per heavy atom. The number of carbonyl (C=O) groups excluding carboxylic acids is 2. The Balaban J connectivity index is 1.79. The van der Waals surface area contributed by atoms with Gasteiger partial charge in [-0.2, -0.15) is 0 Å². The molecule has 2 aliphatic rings. The molecule has 0 aromatic heterocycles. The smallest absolute Gasteiger partial charge is 0.295 e. The summed E-state index contributed by atoms with van der Waals surface area (Å²) >= 11 is 0. The van der Waals surface area contributed by atoms with Gasteiger partial charge in [0.15, 0.2) is 23.0 Å². The topological polar surface area (TPSA) is 97.8 Å². The molecule has 0 spiro atoms. The molecule has 1 saturated heterocycles. The van der Waals surface area contributed by atoms with Crippen LogP contribution in [-0.2, 0) is 9.59 Å². The molecule has 1 amide bonds. The van der Waals surface area contributed by atoms with Gasteiger partial charge >= 0.3 is 0 Å². The second-order valence-corrected chi connectivity index (χ2v) is 9.30. The van der Waals surface area contributed by atoms with Gasteiger partial charge in [0, 0.05) is 12.1 Å². The highest BCUT2D eigenvalue weighted by Crippen LogP contribution is 2.43. The van der Waals surface area contributed by atoms with Crippen LogP contribution in [0.2, 0.25) is 0 Å². The van der Waals surface area contributed by atoms with Gasteiger partial charge in [-0.1, -0.05) is 19.9 Å². The number of aliphatic hydroxyl groups is 1. The van der Waals surface area contributed by atoms with Gasteiger partial charge in [0.2, 0.25) is 0 Å². The zero-order valence-corrected chi connectivity index (χ0v) is 23.2. The number of hydrogen-bond acceptors (Lipinski definition) is 8. The van der Waals surface area contributed by atoms with Crippen LogP contribution in [0.5, 0.6) is 23.0 Å². The third-order valence-corrected chi connectivity index (χ3v) is 7.01. The van der Waals surface area contributed by atoms with Crippen LogP contribution in [0, 0.1) is 0 Å². The zero-order chi connectivity index (χ0) is 27.9. The fourth-order valence-corrected chi connectivity index (χ4v) is 5.05. The van der Waals surface area contributed by atoms with E-state index in [4.69, 9.17) is 18.9 Å². The summed E-state index contributed by atoms with van der Waals surface area (Å²) in [5, 5.41) is 11.5. The molecule has 9 heteroatoms. The van der Waals surface area contributed by atoms with Crippen molar-refractivity contribution in [2.75, 3.05) is 52.6 Å². The summed E-state index contributed by atoms with van der Waals surface area (Å²) < 4.78 is 22.8. The molecule has 2 heterocycles. The molecule has 0 saturated carbocycles. The molecule has 1 N–H and O–H groups in total.